The van der Waals surface area contributed by atoms with Gasteiger partial charge in [0, 0.05) is 22.1 Å². The fourth-order valence-electron chi connectivity index (χ4n) is 3.36. The van der Waals surface area contributed by atoms with Crippen molar-refractivity contribution in [1.82, 2.24) is 0 Å². The van der Waals surface area contributed by atoms with Gasteiger partial charge in [-0.25, -0.2) is 0 Å². The number of ketones is 2. The Morgan fingerprint density at radius 1 is 0.800 bits per heavy atom. The van der Waals surface area contributed by atoms with Crippen LogP contribution >= 0.6 is 0 Å². The molecular formula is C20H14O5. The van der Waals surface area contributed by atoms with Gasteiger partial charge in [0.2, 0.25) is 0 Å². The maximum atomic E-state index is 13.0. The molecule has 0 heterocycles. The highest BCUT2D eigenvalue weighted by Crippen LogP contribution is 2.45. The number of phenolic OH excluding ortho intramolecular Hbond substituents is 1. The number of rotatable bonds is 2. The molecule has 0 aliphatic heterocycles. The summed E-state index contributed by atoms with van der Waals surface area (Å²) in [6.45, 7) is 0. The van der Waals surface area contributed by atoms with Crippen molar-refractivity contribution in [1.29, 1.82) is 0 Å². The van der Waals surface area contributed by atoms with E-state index in [4.69, 9.17) is 9.47 Å². The summed E-state index contributed by atoms with van der Waals surface area (Å²) in [6.07, 6.45) is 0. The molecule has 0 unspecified atom stereocenters. The normalized spacial score (nSPS) is 12.7. The Morgan fingerprint density at radius 3 is 2.04 bits per heavy atom. The first-order valence-electron chi connectivity index (χ1n) is 7.67. The van der Waals surface area contributed by atoms with Crippen LogP contribution in [0.2, 0.25) is 0 Å². The minimum Gasteiger partial charge on any atom is -0.504 e. The molecule has 3 aromatic rings. The second kappa shape index (κ2) is 5.34. The highest BCUT2D eigenvalue weighted by Gasteiger charge is 2.35. The van der Waals surface area contributed by atoms with Crippen LogP contribution in [0.5, 0.6) is 17.2 Å². The van der Waals surface area contributed by atoms with E-state index in [0.29, 0.717) is 22.1 Å². The van der Waals surface area contributed by atoms with Gasteiger partial charge in [-0.3, -0.25) is 9.59 Å². The van der Waals surface area contributed by atoms with Gasteiger partial charge in [-0.05, 0) is 23.6 Å². The summed E-state index contributed by atoms with van der Waals surface area (Å²) < 4.78 is 10.5. The van der Waals surface area contributed by atoms with Crippen LogP contribution in [0.3, 0.4) is 0 Å². The van der Waals surface area contributed by atoms with Crippen LogP contribution in [-0.2, 0) is 0 Å². The van der Waals surface area contributed by atoms with Crippen LogP contribution in [0.15, 0.2) is 42.5 Å². The summed E-state index contributed by atoms with van der Waals surface area (Å²) >= 11 is 0. The third kappa shape index (κ3) is 1.96. The number of carbonyl (C=O) groups is 2. The Morgan fingerprint density at radius 2 is 1.44 bits per heavy atom. The minimum atomic E-state index is -0.390. The summed E-state index contributed by atoms with van der Waals surface area (Å²) in [7, 11) is 2.93. The third-order valence-corrected chi connectivity index (χ3v) is 4.52. The van der Waals surface area contributed by atoms with Gasteiger partial charge < -0.3 is 14.6 Å². The van der Waals surface area contributed by atoms with Crippen molar-refractivity contribution in [2.45, 2.75) is 0 Å². The molecule has 5 nitrogen and oxygen atoms in total. The first-order chi connectivity index (χ1) is 12.1. The Bertz CT molecular complexity index is 1070. The molecule has 1 aliphatic carbocycles. The quantitative estimate of drug-likeness (QED) is 0.609. The molecule has 0 fully saturated rings. The second-order valence-electron chi connectivity index (χ2n) is 5.75. The van der Waals surface area contributed by atoms with E-state index in [1.54, 1.807) is 42.5 Å². The molecule has 0 bridgehead atoms. The third-order valence-electron chi connectivity index (χ3n) is 4.52. The lowest BCUT2D eigenvalue weighted by Crippen LogP contribution is -2.21. The first kappa shape index (κ1) is 15.2. The van der Waals surface area contributed by atoms with Crippen molar-refractivity contribution in [2.75, 3.05) is 14.2 Å². The summed E-state index contributed by atoms with van der Waals surface area (Å²) in [6, 6.07) is 11.7. The molecule has 0 saturated carbocycles. The molecule has 124 valence electrons. The SMILES string of the molecule is COc1ccc2c3c(c(O)c(OC)c2c1)C(=O)c1ccccc1C3=O. The molecule has 1 aliphatic rings. The number of benzene rings is 3. The molecule has 0 saturated heterocycles. The molecule has 5 heteroatoms. The molecule has 0 atom stereocenters. The Kier molecular flexibility index (Phi) is 3.25. The van der Waals surface area contributed by atoms with Crippen LogP contribution in [0.25, 0.3) is 10.8 Å². The van der Waals surface area contributed by atoms with E-state index >= 15 is 0 Å². The Hall–Kier alpha value is -3.34. The highest BCUT2D eigenvalue weighted by molar-refractivity contribution is 6.33. The fraction of sp³-hybridized carbons (Fsp3) is 0.100. The predicted octanol–water partition coefficient (Wildman–Crippen LogP) is 3.34. The zero-order valence-corrected chi connectivity index (χ0v) is 13.6. The summed E-state index contributed by atoms with van der Waals surface area (Å²) in [5.74, 6) is -0.309. The van der Waals surface area contributed by atoms with E-state index in [1.165, 1.54) is 14.2 Å². The largest absolute Gasteiger partial charge is 0.504 e. The van der Waals surface area contributed by atoms with Crippen LogP contribution in [0, 0.1) is 0 Å². The molecule has 1 N–H and O–H groups in total. The molecule has 0 amide bonds. The van der Waals surface area contributed by atoms with Crippen LogP contribution in [0.1, 0.15) is 31.8 Å². The smallest absolute Gasteiger partial charge is 0.198 e. The van der Waals surface area contributed by atoms with E-state index < -0.39 is 5.78 Å². The van der Waals surface area contributed by atoms with Crippen LogP contribution in [-0.4, -0.2) is 30.9 Å². The van der Waals surface area contributed by atoms with Crippen molar-refractivity contribution in [3.8, 4) is 17.2 Å². The Labute approximate surface area is 143 Å². The van der Waals surface area contributed by atoms with E-state index in [2.05, 4.69) is 0 Å². The fourth-order valence-corrected chi connectivity index (χ4v) is 3.36. The van der Waals surface area contributed by atoms with E-state index in [-0.39, 0.29) is 34.0 Å². The molecular weight excluding hydrogens is 320 g/mol. The van der Waals surface area contributed by atoms with Crippen molar-refractivity contribution < 1.29 is 24.2 Å². The lowest BCUT2D eigenvalue weighted by molar-refractivity contribution is 0.0977. The van der Waals surface area contributed by atoms with Crippen molar-refractivity contribution in [2.24, 2.45) is 0 Å². The van der Waals surface area contributed by atoms with Crippen molar-refractivity contribution in [3.63, 3.8) is 0 Å². The summed E-state index contributed by atoms with van der Waals surface area (Å²) in [5, 5.41) is 11.7. The van der Waals surface area contributed by atoms with Gasteiger partial charge in [-0.15, -0.1) is 0 Å². The van der Waals surface area contributed by atoms with E-state index in [1.807, 2.05) is 0 Å². The summed E-state index contributed by atoms with van der Waals surface area (Å²) in [5.41, 5.74) is 0.796. The van der Waals surface area contributed by atoms with Crippen LogP contribution in [0.4, 0.5) is 0 Å². The van der Waals surface area contributed by atoms with E-state index in [9.17, 15) is 14.7 Å². The van der Waals surface area contributed by atoms with Gasteiger partial charge in [0.1, 0.15) is 5.75 Å². The maximum Gasteiger partial charge on any atom is 0.198 e. The standard InChI is InChI=1S/C20H14O5/c1-24-10-7-8-11-14(9-10)20(25-2)19(23)16-15(11)17(21)12-5-3-4-6-13(12)18(16)22/h3-9,23H,1-2H3. The number of fused-ring (bicyclic) bond motifs is 4. The molecule has 0 radical (unpaired) electrons. The molecule has 0 spiro atoms. The lowest BCUT2D eigenvalue weighted by Gasteiger charge is -2.22. The van der Waals surface area contributed by atoms with E-state index in [0.717, 1.165) is 0 Å². The Balaban J connectivity index is 2.17. The van der Waals surface area contributed by atoms with Gasteiger partial charge in [-0.1, -0.05) is 24.3 Å². The lowest BCUT2D eigenvalue weighted by atomic mass is 9.81. The van der Waals surface area contributed by atoms with Gasteiger partial charge in [0.05, 0.1) is 19.8 Å². The number of hydrogen-bond acceptors (Lipinski definition) is 5. The van der Waals surface area contributed by atoms with Crippen molar-refractivity contribution in [3.05, 3.63) is 64.7 Å². The zero-order chi connectivity index (χ0) is 17.7. The second-order valence-corrected chi connectivity index (χ2v) is 5.75. The minimum absolute atomic E-state index is 0.0155. The number of phenols is 1. The first-order valence-corrected chi connectivity index (χ1v) is 7.67. The molecule has 25 heavy (non-hydrogen) atoms. The monoisotopic (exact) mass is 334 g/mol. The molecule has 3 aromatic carbocycles. The molecule has 0 aromatic heterocycles. The number of ether oxygens (including phenoxy) is 2. The number of methoxy groups -OCH3 is 2. The number of aromatic hydroxyl groups is 1. The number of hydrogen-bond donors (Lipinski definition) is 1. The number of carbonyl (C=O) groups excluding carboxylic acids is 2. The van der Waals surface area contributed by atoms with Gasteiger partial charge in [-0.2, -0.15) is 0 Å². The predicted molar refractivity (Wildman–Crippen MR) is 92.0 cm³/mol. The van der Waals surface area contributed by atoms with Gasteiger partial charge in [0.25, 0.3) is 0 Å². The maximum absolute atomic E-state index is 13.0. The molecule has 4 rings (SSSR count). The zero-order valence-electron chi connectivity index (χ0n) is 13.6. The average molecular weight is 334 g/mol. The van der Waals surface area contributed by atoms with Gasteiger partial charge >= 0.3 is 0 Å². The highest BCUT2D eigenvalue weighted by atomic mass is 16.5. The average Bonchev–Trinajstić information content (AvgIpc) is 2.65. The van der Waals surface area contributed by atoms with Gasteiger partial charge in [0.15, 0.2) is 23.1 Å². The van der Waals surface area contributed by atoms with Crippen LogP contribution < -0.4 is 9.47 Å². The topological polar surface area (TPSA) is 72.8 Å². The summed E-state index contributed by atoms with van der Waals surface area (Å²) in [4.78, 5) is 26.0. The van der Waals surface area contributed by atoms with Crippen molar-refractivity contribution >= 4 is 22.3 Å².